The number of aryl methyl sites for hydroxylation is 2. The van der Waals surface area contributed by atoms with Gasteiger partial charge < -0.3 is 14.5 Å². The van der Waals surface area contributed by atoms with Crippen molar-refractivity contribution in [3.05, 3.63) is 64.5 Å². The number of nitrogens with zero attached hydrogens (tertiary/aromatic N) is 4. The van der Waals surface area contributed by atoms with Gasteiger partial charge in [0.2, 0.25) is 0 Å². The Labute approximate surface area is 206 Å². The van der Waals surface area contributed by atoms with Crippen LogP contribution in [0.4, 0.5) is 5.82 Å². The summed E-state index contributed by atoms with van der Waals surface area (Å²) in [5, 5.41) is 0.980. The number of carbonyl (C=O) groups is 2. The standard InChI is InChI=1S/C28H32N4O3/c1-3-35-28(34)20-10-12-25(29-18-20)31-13-6-14-32(16-15-31)27(33)26-21-7-4-5-8-23(21)30-24-11-9-19(2)17-22(24)26/h9-12,17-18H,3-8,13-16H2,1-2H3. The zero-order valence-electron chi connectivity index (χ0n) is 20.5. The molecule has 2 aromatic heterocycles. The molecule has 2 aliphatic rings. The minimum Gasteiger partial charge on any atom is -0.462 e. The van der Waals surface area contributed by atoms with Gasteiger partial charge in [0.05, 0.1) is 23.3 Å². The van der Waals surface area contributed by atoms with Crippen LogP contribution in [0.3, 0.4) is 0 Å². The van der Waals surface area contributed by atoms with Crippen LogP contribution in [-0.2, 0) is 17.6 Å². The summed E-state index contributed by atoms with van der Waals surface area (Å²) in [6, 6.07) is 9.85. The summed E-state index contributed by atoms with van der Waals surface area (Å²) in [6.45, 7) is 7.04. The van der Waals surface area contributed by atoms with E-state index in [0.29, 0.717) is 31.8 Å². The van der Waals surface area contributed by atoms with Gasteiger partial charge in [-0.2, -0.15) is 0 Å². The lowest BCUT2D eigenvalue weighted by Crippen LogP contribution is -2.36. The van der Waals surface area contributed by atoms with Crippen LogP contribution in [-0.4, -0.2) is 59.5 Å². The third kappa shape index (κ3) is 4.72. The van der Waals surface area contributed by atoms with Crippen LogP contribution in [0.25, 0.3) is 10.9 Å². The summed E-state index contributed by atoms with van der Waals surface area (Å²) in [6.07, 6.45) is 6.53. The highest BCUT2D eigenvalue weighted by Gasteiger charge is 2.28. The van der Waals surface area contributed by atoms with Crippen LogP contribution < -0.4 is 4.90 Å². The molecule has 1 amide bonds. The summed E-state index contributed by atoms with van der Waals surface area (Å²) in [5.74, 6) is 0.575. The van der Waals surface area contributed by atoms with Crippen molar-refractivity contribution in [2.24, 2.45) is 0 Å². The van der Waals surface area contributed by atoms with Gasteiger partial charge in [-0.15, -0.1) is 0 Å². The second kappa shape index (κ2) is 10.0. The molecule has 7 heteroatoms. The Hall–Kier alpha value is -3.48. The molecule has 182 valence electrons. The van der Waals surface area contributed by atoms with Gasteiger partial charge in [0.15, 0.2) is 0 Å². The van der Waals surface area contributed by atoms with Crippen molar-refractivity contribution < 1.29 is 14.3 Å². The molecule has 0 unspecified atom stereocenters. The van der Waals surface area contributed by atoms with Gasteiger partial charge in [0, 0.05) is 43.5 Å². The van der Waals surface area contributed by atoms with E-state index >= 15 is 0 Å². The van der Waals surface area contributed by atoms with Gasteiger partial charge in [-0.05, 0) is 75.8 Å². The first-order valence-electron chi connectivity index (χ1n) is 12.6. The number of esters is 1. The minimum atomic E-state index is -0.359. The Bertz CT molecular complexity index is 1260. The van der Waals surface area contributed by atoms with Gasteiger partial charge in [-0.1, -0.05) is 11.6 Å². The quantitative estimate of drug-likeness (QED) is 0.526. The smallest absolute Gasteiger partial charge is 0.339 e. The number of amides is 1. The molecule has 1 aliphatic carbocycles. The van der Waals surface area contributed by atoms with Crippen molar-refractivity contribution in [3.8, 4) is 0 Å². The summed E-state index contributed by atoms with van der Waals surface area (Å²) < 4.78 is 5.05. The summed E-state index contributed by atoms with van der Waals surface area (Å²) >= 11 is 0. The highest BCUT2D eigenvalue weighted by Crippen LogP contribution is 2.31. The fraction of sp³-hybridized carbons (Fsp3) is 0.429. The van der Waals surface area contributed by atoms with Crippen molar-refractivity contribution in [1.29, 1.82) is 0 Å². The van der Waals surface area contributed by atoms with Crippen LogP contribution in [0.1, 0.15) is 63.7 Å². The van der Waals surface area contributed by atoms with E-state index in [9.17, 15) is 9.59 Å². The topological polar surface area (TPSA) is 75.6 Å². The number of rotatable bonds is 4. The van der Waals surface area contributed by atoms with Gasteiger partial charge >= 0.3 is 5.97 Å². The molecule has 1 fully saturated rings. The maximum absolute atomic E-state index is 14.0. The van der Waals surface area contributed by atoms with Crippen LogP contribution in [0.5, 0.6) is 0 Å². The molecule has 35 heavy (non-hydrogen) atoms. The van der Waals surface area contributed by atoms with E-state index in [4.69, 9.17) is 9.72 Å². The first-order chi connectivity index (χ1) is 17.0. The van der Waals surface area contributed by atoms with E-state index in [1.807, 2.05) is 17.0 Å². The molecule has 3 aromatic rings. The molecule has 0 N–H and O–H groups in total. The van der Waals surface area contributed by atoms with E-state index in [-0.39, 0.29) is 11.9 Å². The Morgan fingerprint density at radius 3 is 2.66 bits per heavy atom. The lowest BCUT2D eigenvalue weighted by molar-refractivity contribution is 0.0525. The van der Waals surface area contributed by atoms with E-state index in [1.165, 1.54) is 0 Å². The number of benzene rings is 1. The summed E-state index contributed by atoms with van der Waals surface area (Å²) in [7, 11) is 0. The monoisotopic (exact) mass is 472 g/mol. The maximum atomic E-state index is 14.0. The largest absolute Gasteiger partial charge is 0.462 e. The number of aromatic nitrogens is 2. The number of anilines is 1. The molecule has 0 bridgehead atoms. The van der Waals surface area contributed by atoms with E-state index in [0.717, 1.165) is 77.8 Å². The predicted octanol–water partition coefficient (Wildman–Crippen LogP) is 4.35. The lowest BCUT2D eigenvalue weighted by Gasteiger charge is -2.26. The number of fused-ring (bicyclic) bond motifs is 2. The van der Waals surface area contributed by atoms with Gasteiger partial charge in [-0.3, -0.25) is 9.78 Å². The van der Waals surface area contributed by atoms with Crippen molar-refractivity contribution in [1.82, 2.24) is 14.9 Å². The zero-order valence-corrected chi connectivity index (χ0v) is 20.5. The molecule has 1 aliphatic heterocycles. The number of carbonyl (C=O) groups excluding carboxylic acids is 2. The van der Waals surface area contributed by atoms with E-state index in [2.05, 4.69) is 28.9 Å². The van der Waals surface area contributed by atoms with E-state index < -0.39 is 0 Å². The molecular weight excluding hydrogens is 440 g/mol. The fourth-order valence-electron chi connectivity index (χ4n) is 5.20. The van der Waals surface area contributed by atoms with Crippen LogP contribution in [0, 0.1) is 6.92 Å². The molecule has 7 nitrogen and oxygen atoms in total. The third-order valence-corrected chi connectivity index (χ3v) is 7.00. The molecule has 0 spiro atoms. The summed E-state index contributed by atoms with van der Waals surface area (Å²) in [5.41, 5.74) is 5.62. The average molecular weight is 473 g/mol. The van der Waals surface area contributed by atoms with Gasteiger partial charge in [0.25, 0.3) is 5.91 Å². The maximum Gasteiger partial charge on any atom is 0.339 e. The molecule has 5 rings (SSSR count). The molecule has 0 radical (unpaired) electrons. The highest BCUT2D eigenvalue weighted by molar-refractivity contribution is 6.08. The van der Waals surface area contributed by atoms with Crippen LogP contribution >= 0.6 is 0 Å². The molecule has 1 aromatic carbocycles. The normalized spacial score (nSPS) is 16.1. The Morgan fingerprint density at radius 2 is 1.86 bits per heavy atom. The first-order valence-corrected chi connectivity index (χ1v) is 12.6. The Kier molecular flexibility index (Phi) is 6.66. The molecule has 1 saturated heterocycles. The zero-order chi connectivity index (χ0) is 24.4. The molecule has 3 heterocycles. The van der Waals surface area contributed by atoms with E-state index in [1.54, 1.807) is 19.2 Å². The lowest BCUT2D eigenvalue weighted by atomic mass is 9.89. The highest BCUT2D eigenvalue weighted by atomic mass is 16.5. The summed E-state index contributed by atoms with van der Waals surface area (Å²) in [4.78, 5) is 39.5. The number of ether oxygens (including phenoxy) is 1. The first kappa shape index (κ1) is 23.3. The second-order valence-corrected chi connectivity index (χ2v) is 9.40. The van der Waals surface area contributed by atoms with Crippen LogP contribution in [0.15, 0.2) is 36.5 Å². The number of pyridine rings is 2. The van der Waals surface area contributed by atoms with Crippen LogP contribution in [0.2, 0.25) is 0 Å². The van der Waals surface area contributed by atoms with Crippen molar-refractivity contribution in [3.63, 3.8) is 0 Å². The molecule has 0 atom stereocenters. The van der Waals surface area contributed by atoms with Crippen molar-refractivity contribution in [2.45, 2.75) is 46.0 Å². The second-order valence-electron chi connectivity index (χ2n) is 9.40. The van der Waals surface area contributed by atoms with Gasteiger partial charge in [0.1, 0.15) is 5.82 Å². The van der Waals surface area contributed by atoms with Crippen molar-refractivity contribution in [2.75, 3.05) is 37.7 Å². The minimum absolute atomic E-state index is 0.119. The average Bonchev–Trinajstić information content (AvgIpc) is 3.14. The fourth-order valence-corrected chi connectivity index (χ4v) is 5.20. The predicted molar refractivity (Wildman–Crippen MR) is 136 cm³/mol. The Morgan fingerprint density at radius 1 is 1.00 bits per heavy atom. The SMILES string of the molecule is CCOC(=O)c1ccc(N2CCCN(C(=O)c3c4c(nc5ccc(C)cc35)CCCC4)CC2)nc1. The Balaban J connectivity index is 1.38. The van der Waals surface area contributed by atoms with Gasteiger partial charge in [-0.25, -0.2) is 9.78 Å². The van der Waals surface area contributed by atoms with Crippen molar-refractivity contribution >= 4 is 28.6 Å². The third-order valence-electron chi connectivity index (χ3n) is 7.00. The molecule has 0 saturated carbocycles. The number of hydrogen-bond donors (Lipinski definition) is 0. The molecular formula is C28H32N4O3. The number of hydrogen-bond acceptors (Lipinski definition) is 6.